The minimum atomic E-state index is 0.0826. The van der Waals surface area contributed by atoms with Gasteiger partial charge in [-0.15, -0.1) is 11.8 Å². The van der Waals surface area contributed by atoms with Crippen LogP contribution in [-0.2, 0) is 0 Å². The van der Waals surface area contributed by atoms with E-state index in [9.17, 15) is 4.79 Å². The molecule has 0 aromatic heterocycles. The summed E-state index contributed by atoms with van der Waals surface area (Å²) >= 11 is 1.68. The van der Waals surface area contributed by atoms with Crippen molar-refractivity contribution in [2.75, 3.05) is 20.0 Å². The fraction of sp³-hybridized carbons (Fsp3) is 0.167. The topological polar surface area (TPSA) is 35.5 Å². The number of carbonyl (C=O) groups excluding carboxylic acids is 1. The van der Waals surface area contributed by atoms with Crippen LogP contribution >= 0.6 is 11.8 Å². The second-order valence-corrected chi connectivity index (χ2v) is 5.88. The van der Waals surface area contributed by atoms with Crippen molar-refractivity contribution in [1.82, 2.24) is 0 Å². The van der Waals surface area contributed by atoms with E-state index in [1.165, 1.54) is 0 Å². The van der Waals surface area contributed by atoms with Gasteiger partial charge in [0.15, 0.2) is 17.3 Å². The first-order valence-electron chi connectivity index (χ1n) is 6.92. The Morgan fingerprint density at radius 1 is 1.05 bits per heavy atom. The predicted octanol–water partition coefficient (Wildman–Crippen LogP) is 4.08. The predicted molar refractivity (Wildman–Crippen MR) is 89.0 cm³/mol. The number of thioether (sulfide) groups is 1. The Morgan fingerprint density at radius 3 is 2.64 bits per heavy atom. The Morgan fingerprint density at radius 2 is 1.86 bits per heavy atom. The van der Waals surface area contributed by atoms with Crippen molar-refractivity contribution < 1.29 is 14.3 Å². The third-order valence-electron chi connectivity index (χ3n) is 3.57. The monoisotopic (exact) mass is 312 g/mol. The molecule has 1 aliphatic rings. The molecule has 0 aliphatic carbocycles. The molecule has 0 atom stereocenters. The Balaban J connectivity index is 2.02. The molecule has 0 bridgehead atoms. The van der Waals surface area contributed by atoms with Crippen LogP contribution < -0.4 is 9.47 Å². The summed E-state index contributed by atoms with van der Waals surface area (Å²) in [6.45, 7) is 0. The van der Waals surface area contributed by atoms with Gasteiger partial charge >= 0.3 is 0 Å². The molecule has 0 spiro atoms. The first-order valence-corrected chi connectivity index (χ1v) is 7.91. The summed E-state index contributed by atoms with van der Waals surface area (Å²) in [5, 5.41) is 0. The highest BCUT2D eigenvalue weighted by atomic mass is 32.2. The number of hydrogen-bond donors (Lipinski definition) is 0. The van der Waals surface area contributed by atoms with Gasteiger partial charge < -0.3 is 9.47 Å². The first-order chi connectivity index (χ1) is 10.7. The van der Waals surface area contributed by atoms with Crippen molar-refractivity contribution in [1.29, 1.82) is 0 Å². The second kappa shape index (κ2) is 6.28. The van der Waals surface area contributed by atoms with Crippen molar-refractivity contribution in [2.24, 2.45) is 0 Å². The second-order valence-electron chi connectivity index (χ2n) is 4.87. The van der Waals surface area contributed by atoms with Crippen LogP contribution in [0.5, 0.6) is 11.5 Å². The van der Waals surface area contributed by atoms with E-state index < -0.39 is 0 Å². The lowest BCUT2D eigenvalue weighted by atomic mass is 10.0. The summed E-state index contributed by atoms with van der Waals surface area (Å²) < 4.78 is 10.7. The van der Waals surface area contributed by atoms with Crippen molar-refractivity contribution in [3.05, 3.63) is 59.2 Å². The molecule has 1 heterocycles. The molecule has 0 fully saturated rings. The van der Waals surface area contributed by atoms with Crippen LogP contribution in [0.2, 0.25) is 0 Å². The van der Waals surface area contributed by atoms with E-state index in [2.05, 4.69) is 0 Å². The molecule has 0 saturated heterocycles. The summed E-state index contributed by atoms with van der Waals surface area (Å²) in [5.74, 6) is 2.05. The van der Waals surface area contributed by atoms with Crippen molar-refractivity contribution in [3.8, 4) is 11.5 Å². The van der Waals surface area contributed by atoms with E-state index in [4.69, 9.17) is 9.47 Å². The molecule has 2 aromatic rings. The number of methoxy groups -OCH3 is 2. The third-order valence-corrected chi connectivity index (χ3v) is 4.69. The van der Waals surface area contributed by atoms with Crippen LogP contribution in [0.1, 0.15) is 15.9 Å². The van der Waals surface area contributed by atoms with E-state index >= 15 is 0 Å². The average Bonchev–Trinajstić information content (AvgIpc) is 2.57. The molecule has 0 N–H and O–H groups in total. The normalized spacial score (nSPS) is 15.5. The van der Waals surface area contributed by atoms with Crippen LogP contribution in [0.4, 0.5) is 0 Å². The van der Waals surface area contributed by atoms with Gasteiger partial charge in [-0.3, -0.25) is 4.79 Å². The lowest BCUT2D eigenvalue weighted by Crippen LogP contribution is -2.12. The molecule has 0 radical (unpaired) electrons. The zero-order valence-electron chi connectivity index (χ0n) is 12.5. The zero-order valence-corrected chi connectivity index (χ0v) is 13.3. The molecular formula is C18H16O3S. The summed E-state index contributed by atoms with van der Waals surface area (Å²) in [6.07, 6.45) is 1.90. The Bertz CT molecular complexity index is 750. The van der Waals surface area contributed by atoms with Gasteiger partial charge in [0.25, 0.3) is 0 Å². The van der Waals surface area contributed by atoms with Crippen molar-refractivity contribution >= 4 is 23.6 Å². The number of hydrogen-bond acceptors (Lipinski definition) is 4. The van der Waals surface area contributed by atoms with Gasteiger partial charge in [-0.25, -0.2) is 0 Å². The average molecular weight is 312 g/mol. The molecule has 0 saturated carbocycles. The van der Waals surface area contributed by atoms with Gasteiger partial charge in [0.1, 0.15) is 0 Å². The minimum Gasteiger partial charge on any atom is -0.493 e. The summed E-state index contributed by atoms with van der Waals surface area (Å²) in [4.78, 5) is 13.7. The molecule has 3 nitrogen and oxygen atoms in total. The van der Waals surface area contributed by atoms with Gasteiger partial charge in [0.05, 0.1) is 14.2 Å². The molecule has 1 aliphatic heterocycles. The number of rotatable bonds is 3. The van der Waals surface area contributed by atoms with E-state index in [1.807, 2.05) is 48.5 Å². The van der Waals surface area contributed by atoms with Crippen LogP contribution in [-0.4, -0.2) is 25.8 Å². The molecule has 22 heavy (non-hydrogen) atoms. The fourth-order valence-electron chi connectivity index (χ4n) is 2.49. The molecule has 0 amide bonds. The zero-order chi connectivity index (χ0) is 15.5. The van der Waals surface area contributed by atoms with Gasteiger partial charge in [-0.2, -0.15) is 0 Å². The SMILES string of the molecule is COc1cccc(/C=C2/CSc3ccccc3C2=O)c1OC. The number of ether oxygens (including phenoxy) is 2. The minimum absolute atomic E-state index is 0.0826. The Kier molecular flexibility index (Phi) is 4.20. The van der Waals surface area contributed by atoms with Gasteiger partial charge in [-0.1, -0.05) is 24.3 Å². The van der Waals surface area contributed by atoms with Crippen LogP contribution in [0, 0.1) is 0 Å². The number of Topliss-reactive ketones (excluding diaryl/α,β-unsaturated/α-hetero) is 1. The number of para-hydroxylation sites is 1. The maximum Gasteiger partial charge on any atom is 0.191 e. The van der Waals surface area contributed by atoms with Gasteiger partial charge in [0, 0.05) is 27.3 Å². The molecule has 0 unspecified atom stereocenters. The van der Waals surface area contributed by atoms with E-state index in [0.717, 1.165) is 21.6 Å². The number of carbonyl (C=O) groups is 1. The largest absolute Gasteiger partial charge is 0.493 e. The fourth-order valence-corrected chi connectivity index (χ4v) is 3.51. The van der Waals surface area contributed by atoms with Gasteiger partial charge in [0.2, 0.25) is 0 Å². The van der Waals surface area contributed by atoms with E-state index in [0.29, 0.717) is 17.3 Å². The molecule has 3 rings (SSSR count). The van der Waals surface area contributed by atoms with Gasteiger partial charge in [-0.05, 0) is 24.3 Å². The first kappa shape index (κ1) is 14.7. The number of benzene rings is 2. The van der Waals surface area contributed by atoms with Crippen molar-refractivity contribution in [2.45, 2.75) is 4.90 Å². The Labute approximate surface area is 133 Å². The molecular weight excluding hydrogens is 296 g/mol. The van der Waals surface area contributed by atoms with Crippen LogP contribution in [0.15, 0.2) is 52.9 Å². The van der Waals surface area contributed by atoms with Crippen LogP contribution in [0.3, 0.4) is 0 Å². The highest BCUT2D eigenvalue weighted by molar-refractivity contribution is 7.99. The summed E-state index contributed by atoms with van der Waals surface area (Å²) in [6, 6.07) is 13.4. The number of ketones is 1. The Hall–Kier alpha value is -2.20. The summed E-state index contributed by atoms with van der Waals surface area (Å²) in [5.41, 5.74) is 2.40. The van der Waals surface area contributed by atoms with Crippen LogP contribution in [0.25, 0.3) is 6.08 Å². The standard InChI is InChI=1S/C18H16O3S/c1-20-15-8-5-6-12(18(15)21-2)10-13-11-22-16-9-4-3-7-14(16)17(13)19/h3-10H,11H2,1-2H3/b13-10-. The highest BCUT2D eigenvalue weighted by Gasteiger charge is 2.22. The lowest BCUT2D eigenvalue weighted by molar-refractivity contribution is 0.103. The maximum atomic E-state index is 12.6. The lowest BCUT2D eigenvalue weighted by Gasteiger charge is -2.17. The third kappa shape index (κ3) is 2.62. The highest BCUT2D eigenvalue weighted by Crippen LogP contribution is 2.36. The summed E-state index contributed by atoms with van der Waals surface area (Å²) in [7, 11) is 3.21. The molecule has 4 heteroatoms. The molecule has 2 aromatic carbocycles. The quantitative estimate of drug-likeness (QED) is 0.800. The molecule has 112 valence electrons. The smallest absolute Gasteiger partial charge is 0.191 e. The van der Waals surface area contributed by atoms with E-state index in [-0.39, 0.29) is 5.78 Å². The maximum absolute atomic E-state index is 12.6. The number of fused-ring (bicyclic) bond motifs is 1. The van der Waals surface area contributed by atoms with E-state index in [1.54, 1.807) is 26.0 Å². The van der Waals surface area contributed by atoms with Crippen molar-refractivity contribution in [3.63, 3.8) is 0 Å².